The summed E-state index contributed by atoms with van der Waals surface area (Å²) >= 11 is 0. The van der Waals surface area contributed by atoms with Crippen molar-refractivity contribution >= 4 is 5.69 Å². The summed E-state index contributed by atoms with van der Waals surface area (Å²) in [7, 11) is 0. The Labute approximate surface area is 109 Å². The molecule has 0 bridgehead atoms. The molecule has 1 aromatic carbocycles. The number of benzene rings is 1. The molecule has 7 nitrogen and oxygen atoms in total. The van der Waals surface area contributed by atoms with Gasteiger partial charge in [-0.05, 0) is 12.1 Å². The van der Waals surface area contributed by atoms with Crippen LogP contribution in [0.4, 0.5) is 5.69 Å². The van der Waals surface area contributed by atoms with Crippen molar-refractivity contribution in [3.8, 4) is 5.75 Å². The SMILES string of the molecule is Nc1ccccc1O[C@@H]1O[C@H](CO)[C@H](O)[C@H](O)[C@H]1O. The van der Waals surface area contributed by atoms with E-state index in [2.05, 4.69) is 0 Å². The number of nitrogens with two attached hydrogens (primary N) is 1. The lowest BCUT2D eigenvalue weighted by atomic mass is 9.99. The van der Waals surface area contributed by atoms with E-state index in [9.17, 15) is 15.3 Å². The van der Waals surface area contributed by atoms with Gasteiger partial charge in [-0.15, -0.1) is 0 Å². The molecule has 0 unspecified atom stereocenters. The monoisotopic (exact) mass is 271 g/mol. The number of para-hydroxylation sites is 2. The van der Waals surface area contributed by atoms with E-state index in [0.717, 1.165) is 0 Å². The summed E-state index contributed by atoms with van der Waals surface area (Å²) in [6.07, 6.45) is -6.56. The van der Waals surface area contributed by atoms with Gasteiger partial charge in [-0.1, -0.05) is 12.1 Å². The first-order valence-electron chi connectivity index (χ1n) is 5.86. The third-order valence-electron chi connectivity index (χ3n) is 3.01. The van der Waals surface area contributed by atoms with Gasteiger partial charge >= 0.3 is 0 Å². The van der Waals surface area contributed by atoms with Crippen LogP contribution >= 0.6 is 0 Å². The first-order valence-corrected chi connectivity index (χ1v) is 5.86. The molecular formula is C12H17NO6. The van der Waals surface area contributed by atoms with Gasteiger partial charge in [0.1, 0.15) is 30.2 Å². The lowest BCUT2D eigenvalue weighted by Crippen LogP contribution is -2.60. The topological polar surface area (TPSA) is 125 Å². The normalized spacial score (nSPS) is 35.1. The van der Waals surface area contributed by atoms with Crippen molar-refractivity contribution in [2.24, 2.45) is 0 Å². The highest BCUT2D eigenvalue weighted by Crippen LogP contribution is 2.27. The van der Waals surface area contributed by atoms with Crippen molar-refractivity contribution in [2.75, 3.05) is 12.3 Å². The molecule has 1 aliphatic rings. The second kappa shape index (κ2) is 5.72. The Morgan fingerprint density at radius 2 is 1.79 bits per heavy atom. The zero-order valence-corrected chi connectivity index (χ0v) is 10.1. The summed E-state index contributed by atoms with van der Waals surface area (Å²) in [6.45, 7) is -0.505. The second-order valence-electron chi connectivity index (χ2n) is 4.35. The predicted molar refractivity (Wildman–Crippen MR) is 65.2 cm³/mol. The molecule has 106 valence electrons. The minimum atomic E-state index is -1.47. The maximum absolute atomic E-state index is 9.79. The molecule has 1 fully saturated rings. The van der Waals surface area contributed by atoms with E-state index in [-0.39, 0.29) is 5.75 Å². The number of aliphatic hydroxyl groups excluding tert-OH is 4. The van der Waals surface area contributed by atoms with Crippen molar-refractivity contribution in [1.29, 1.82) is 0 Å². The van der Waals surface area contributed by atoms with Crippen LogP contribution in [0, 0.1) is 0 Å². The van der Waals surface area contributed by atoms with Crippen molar-refractivity contribution in [3.05, 3.63) is 24.3 Å². The second-order valence-corrected chi connectivity index (χ2v) is 4.35. The number of hydrogen-bond donors (Lipinski definition) is 5. The van der Waals surface area contributed by atoms with E-state index < -0.39 is 37.3 Å². The van der Waals surface area contributed by atoms with Crippen LogP contribution in [0.5, 0.6) is 5.75 Å². The first-order chi connectivity index (χ1) is 9.04. The molecule has 1 aromatic rings. The molecule has 0 saturated carbocycles. The Balaban J connectivity index is 2.13. The summed E-state index contributed by atoms with van der Waals surface area (Å²) in [5, 5.41) is 38.1. The number of rotatable bonds is 3. The van der Waals surface area contributed by atoms with Gasteiger partial charge in [0.15, 0.2) is 0 Å². The molecule has 7 heteroatoms. The molecule has 2 rings (SSSR count). The highest BCUT2D eigenvalue weighted by Gasteiger charge is 2.44. The average molecular weight is 271 g/mol. The lowest BCUT2D eigenvalue weighted by Gasteiger charge is -2.39. The molecule has 0 spiro atoms. The zero-order valence-electron chi connectivity index (χ0n) is 10.1. The van der Waals surface area contributed by atoms with Crippen LogP contribution in [0.1, 0.15) is 0 Å². The Morgan fingerprint density at radius 3 is 2.42 bits per heavy atom. The fourth-order valence-corrected chi connectivity index (χ4v) is 1.88. The highest BCUT2D eigenvalue weighted by atomic mass is 16.7. The van der Waals surface area contributed by atoms with E-state index in [1.807, 2.05) is 0 Å². The lowest BCUT2D eigenvalue weighted by molar-refractivity contribution is -0.277. The third kappa shape index (κ3) is 2.80. The van der Waals surface area contributed by atoms with Crippen molar-refractivity contribution < 1.29 is 29.9 Å². The highest BCUT2D eigenvalue weighted by molar-refractivity contribution is 5.51. The number of hydrogen-bond acceptors (Lipinski definition) is 7. The fourth-order valence-electron chi connectivity index (χ4n) is 1.88. The van der Waals surface area contributed by atoms with Gasteiger partial charge in [0, 0.05) is 0 Å². The Morgan fingerprint density at radius 1 is 1.11 bits per heavy atom. The standard InChI is InChI=1S/C12H17NO6/c13-6-3-1-2-4-7(6)18-12-11(17)10(16)9(15)8(5-14)19-12/h1-4,8-12,14-17H,5,13H2/t8-,9+,10+,11-,12-/m1/s1. The molecule has 5 atom stereocenters. The fraction of sp³-hybridized carbons (Fsp3) is 0.500. The summed E-state index contributed by atoms with van der Waals surface area (Å²) in [5.74, 6) is 0.284. The molecule has 19 heavy (non-hydrogen) atoms. The largest absolute Gasteiger partial charge is 0.460 e. The minimum Gasteiger partial charge on any atom is -0.460 e. The van der Waals surface area contributed by atoms with Crippen LogP contribution in [-0.2, 0) is 4.74 Å². The van der Waals surface area contributed by atoms with E-state index in [1.165, 1.54) is 0 Å². The minimum absolute atomic E-state index is 0.284. The smallest absolute Gasteiger partial charge is 0.229 e. The maximum Gasteiger partial charge on any atom is 0.229 e. The summed E-state index contributed by atoms with van der Waals surface area (Å²) in [5.41, 5.74) is 6.04. The average Bonchev–Trinajstić information content (AvgIpc) is 2.41. The van der Waals surface area contributed by atoms with Crippen molar-refractivity contribution in [1.82, 2.24) is 0 Å². The molecule has 0 aliphatic carbocycles. The quantitative estimate of drug-likeness (QED) is 0.421. The van der Waals surface area contributed by atoms with Crippen LogP contribution in [0.3, 0.4) is 0 Å². The van der Waals surface area contributed by atoms with Gasteiger partial charge in [0.25, 0.3) is 0 Å². The van der Waals surface area contributed by atoms with E-state index >= 15 is 0 Å². The Kier molecular flexibility index (Phi) is 4.23. The molecule has 0 amide bonds. The van der Waals surface area contributed by atoms with E-state index in [1.54, 1.807) is 24.3 Å². The Hall–Kier alpha value is -1.38. The summed E-state index contributed by atoms with van der Waals surface area (Å²) in [4.78, 5) is 0. The summed E-state index contributed by atoms with van der Waals surface area (Å²) < 4.78 is 10.6. The Bertz CT molecular complexity index is 426. The number of nitrogen functional groups attached to an aromatic ring is 1. The van der Waals surface area contributed by atoms with Gasteiger partial charge in [-0.25, -0.2) is 0 Å². The molecular weight excluding hydrogens is 254 g/mol. The molecule has 1 aliphatic heterocycles. The van der Waals surface area contributed by atoms with Gasteiger partial charge in [-0.2, -0.15) is 0 Å². The van der Waals surface area contributed by atoms with Crippen LogP contribution in [0.15, 0.2) is 24.3 Å². The zero-order chi connectivity index (χ0) is 14.0. The number of aliphatic hydroxyl groups is 4. The maximum atomic E-state index is 9.79. The number of anilines is 1. The third-order valence-corrected chi connectivity index (χ3v) is 3.01. The van der Waals surface area contributed by atoms with E-state index in [0.29, 0.717) is 5.69 Å². The molecule has 1 heterocycles. The first kappa shape index (κ1) is 14.0. The van der Waals surface area contributed by atoms with Crippen LogP contribution in [0.25, 0.3) is 0 Å². The predicted octanol–water partition coefficient (Wildman–Crippen LogP) is -1.55. The molecule has 6 N–H and O–H groups in total. The van der Waals surface area contributed by atoms with Gasteiger partial charge in [-0.3, -0.25) is 0 Å². The van der Waals surface area contributed by atoms with Gasteiger partial charge in [0.2, 0.25) is 6.29 Å². The van der Waals surface area contributed by atoms with Crippen molar-refractivity contribution in [3.63, 3.8) is 0 Å². The van der Waals surface area contributed by atoms with Crippen LogP contribution < -0.4 is 10.5 Å². The van der Waals surface area contributed by atoms with E-state index in [4.69, 9.17) is 20.3 Å². The molecule has 1 saturated heterocycles. The van der Waals surface area contributed by atoms with Gasteiger partial charge < -0.3 is 35.6 Å². The van der Waals surface area contributed by atoms with Crippen LogP contribution in [-0.4, -0.2) is 57.7 Å². The molecule has 0 radical (unpaired) electrons. The molecule has 0 aromatic heterocycles. The summed E-state index contributed by atoms with van der Waals surface area (Å²) in [6, 6.07) is 6.60. The van der Waals surface area contributed by atoms with Gasteiger partial charge in [0.05, 0.1) is 12.3 Å². The van der Waals surface area contributed by atoms with Crippen LogP contribution in [0.2, 0.25) is 0 Å². The van der Waals surface area contributed by atoms with Crippen molar-refractivity contribution in [2.45, 2.75) is 30.7 Å². The number of ether oxygens (including phenoxy) is 2.